The number of carbonyl (C=O) groups is 2. The van der Waals surface area contributed by atoms with Crippen molar-refractivity contribution in [2.75, 3.05) is 48.0 Å². The highest BCUT2D eigenvalue weighted by molar-refractivity contribution is 5.84. The summed E-state index contributed by atoms with van der Waals surface area (Å²) in [4.78, 5) is 38.7. The molecular weight excluding hydrogens is 871 g/mol. The van der Waals surface area contributed by atoms with Gasteiger partial charge < -0.3 is 53.0 Å². The lowest BCUT2D eigenvalue weighted by Crippen LogP contribution is -2.61. The van der Waals surface area contributed by atoms with Gasteiger partial charge in [0.05, 0.1) is 60.3 Å². The van der Waals surface area contributed by atoms with Gasteiger partial charge in [0.1, 0.15) is 29.7 Å². The smallest absolute Gasteiger partial charge is 0.311 e. The van der Waals surface area contributed by atoms with Crippen LogP contribution in [0.15, 0.2) is 48.7 Å². The number of para-hydroxylation sites is 1. The Morgan fingerprint density at radius 1 is 0.941 bits per heavy atom. The molecule has 15 heteroatoms. The molecule has 4 aliphatic heterocycles. The summed E-state index contributed by atoms with van der Waals surface area (Å²) in [6.07, 6.45) is -4.37. The third-order valence-corrected chi connectivity index (χ3v) is 15.8. The first kappa shape index (κ1) is 54.4. The highest BCUT2D eigenvalue weighted by atomic mass is 16.7. The highest BCUT2D eigenvalue weighted by Crippen LogP contribution is 2.47. The molecule has 0 saturated carbocycles. The number of nitrogens with zero attached hydrogens (tertiary/aromatic N) is 3. The van der Waals surface area contributed by atoms with Crippen LogP contribution in [0.25, 0.3) is 10.9 Å². The van der Waals surface area contributed by atoms with Gasteiger partial charge in [0.2, 0.25) is 0 Å². The molecule has 0 bridgehead atoms. The Kier molecular flexibility index (Phi) is 17.8. The van der Waals surface area contributed by atoms with Crippen LogP contribution in [0.3, 0.4) is 0 Å². The molecule has 0 spiro atoms. The molecule has 4 fully saturated rings. The standard InChI is InChI=1S/C53H83N3O12/c1-16-41-53(11)43(31(3)29-63-53)33(5)44(57)30(2)25-52(10,62-22-21-56(14)28-37-24-38-19-17-18-20-39(38)54-27-37)48(68-50-45(58)40(55(12)13)23-32(4)64-50)34(6)46(35(7)49(60)66-41)67-42-26-51(9,61-15)47(59)36(8)65-42/h17-20,24,27,30,32-36,40-43,45-48,50,58-59H,3,16,21-23,25-26,28-29H2,1-2,4-15H3/t30?,32-,33?,34+,35-,36+,40+,41-,42+,43+,45-,46+,47?,48-,50+,51-,52-,53-/m1/s1. The Labute approximate surface area is 405 Å². The fourth-order valence-corrected chi connectivity index (χ4v) is 11.8. The third-order valence-electron chi connectivity index (χ3n) is 15.8. The Balaban J connectivity index is 1.45. The van der Waals surface area contributed by atoms with E-state index in [1.807, 2.05) is 106 Å². The number of carbonyl (C=O) groups excluding carboxylic acids is 2. The lowest BCUT2D eigenvalue weighted by Gasteiger charge is -2.50. The summed E-state index contributed by atoms with van der Waals surface area (Å²) >= 11 is 0. The van der Waals surface area contributed by atoms with E-state index in [1.165, 1.54) is 0 Å². The van der Waals surface area contributed by atoms with Crippen molar-refractivity contribution in [1.29, 1.82) is 0 Å². The fraction of sp³-hybridized carbons (Fsp3) is 0.755. The zero-order valence-electron chi connectivity index (χ0n) is 43.3. The van der Waals surface area contributed by atoms with Crippen molar-refractivity contribution in [2.45, 2.75) is 180 Å². The zero-order chi connectivity index (χ0) is 50.0. The van der Waals surface area contributed by atoms with E-state index in [1.54, 1.807) is 21.0 Å². The SMILES string of the molecule is C=C1CO[C@]2(C)[C@@H](CC)OC(=O)[C@H](C)[C@@H](O[C@H]3C[C@@](C)(OC)C(O)[C@H](C)O3)[C@H](C)[C@@H](O[C@@H]3O[C@H](C)C[C@H](N(C)C)[C@H]3O)[C@](C)(OCCN(C)Cc3cnc4ccccc4c3)CC(C)C(=O)C(C)[C@H]12. The summed E-state index contributed by atoms with van der Waals surface area (Å²) < 4.78 is 53.2. The fourth-order valence-electron chi connectivity index (χ4n) is 11.8. The number of pyridine rings is 1. The van der Waals surface area contributed by atoms with Gasteiger partial charge in [-0.1, -0.05) is 52.5 Å². The van der Waals surface area contributed by atoms with Crippen LogP contribution in [0.4, 0.5) is 0 Å². The predicted octanol–water partition coefficient (Wildman–Crippen LogP) is 6.34. The van der Waals surface area contributed by atoms with Crippen LogP contribution in [0.5, 0.6) is 0 Å². The summed E-state index contributed by atoms with van der Waals surface area (Å²) in [5.41, 5.74) is -0.566. The van der Waals surface area contributed by atoms with E-state index in [0.29, 0.717) is 25.9 Å². The molecule has 0 radical (unpaired) electrons. The Morgan fingerprint density at radius 2 is 1.65 bits per heavy atom. The van der Waals surface area contributed by atoms with Crippen LogP contribution >= 0.6 is 0 Å². The van der Waals surface area contributed by atoms with Crippen molar-refractivity contribution in [1.82, 2.24) is 14.8 Å². The number of cyclic esters (lactones) is 1. The average molecular weight is 954 g/mol. The molecule has 2 N–H and O–H groups in total. The van der Waals surface area contributed by atoms with Crippen LogP contribution in [-0.4, -0.2) is 163 Å². The first-order valence-corrected chi connectivity index (χ1v) is 24.9. The summed E-state index contributed by atoms with van der Waals surface area (Å²) in [6.45, 7) is 24.9. The second-order valence-corrected chi connectivity index (χ2v) is 21.5. The summed E-state index contributed by atoms with van der Waals surface area (Å²) in [7, 11) is 7.42. The Hall–Kier alpha value is -2.93. The number of ketones is 1. The number of fused-ring (bicyclic) bond motifs is 2. The van der Waals surface area contributed by atoms with Crippen molar-refractivity contribution in [2.24, 2.45) is 29.6 Å². The molecule has 15 nitrogen and oxygen atoms in total. The maximum atomic E-state index is 15.0. The number of methoxy groups -OCH3 is 1. The molecular formula is C53H83N3O12. The molecule has 0 amide bonds. The van der Waals surface area contributed by atoms with Gasteiger partial charge in [-0.2, -0.15) is 0 Å². The van der Waals surface area contributed by atoms with Crippen molar-refractivity contribution in [3.63, 3.8) is 0 Å². The molecule has 382 valence electrons. The molecule has 4 saturated heterocycles. The largest absolute Gasteiger partial charge is 0.459 e. The van der Waals surface area contributed by atoms with Gasteiger partial charge in [0.15, 0.2) is 12.6 Å². The number of aliphatic hydroxyl groups is 2. The molecule has 68 heavy (non-hydrogen) atoms. The van der Waals surface area contributed by atoms with Crippen LogP contribution in [0, 0.1) is 29.6 Å². The number of Topliss-reactive ketones (excluding diaryl/α,β-unsaturated/α-hetero) is 1. The minimum atomic E-state index is -1.26. The first-order chi connectivity index (χ1) is 32.0. The van der Waals surface area contributed by atoms with Crippen LogP contribution < -0.4 is 0 Å². The maximum absolute atomic E-state index is 15.0. The van der Waals surface area contributed by atoms with E-state index in [2.05, 4.69) is 28.6 Å². The van der Waals surface area contributed by atoms with E-state index >= 15 is 4.79 Å². The number of rotatable bonds is 13. The number of aliphatic hydroxyl groups excluding tert-OH is 2. The van der Waals surface area contributed by atoms with Gasteiger partial charge in [-0.15, -0.1) is 0 Å². The lowest BCUT2D eigenvalue weighted by molar-refractivity contribution is -0.320. The second-order valence-electron chi connectivity index (χ2n) is 21.5. The summed E-state index contributed by atoms with van der Waals surface area (Å²) in [5, 5.41) is 24.3. The van der Waals surface area contributed by atoms with E-state index in [9.17, 15) is 15.0 Å². The molecule has 5 heterocycles. The minimum Gasteiger partial charge on any atom is -0.459 e. The monoisotopic (exact) mass is 954 g/mol. The first-order valence-electron chi connectivity index (χ1n) is 24.9. The molecule has 18 atom stereocenters. The highest BCUT2D eigenvalue weighted by Gasteiger charge is 2.57. The predicted molar refractivity (Wildman–Crippen MR) is 258 cm³/mol. The number of likely N-dealkylation sites (N-methyl/N-ethyl adjacent to an activating group) is 2. The topological polar surface area (TPSA) is 168 Å². The molecule has 1 aromatic carbocycles. The average Bonchev–Trinajstić information content (AvgIpc) is 3.61. The van der Waals surface area contributed by atoms with Crippen LogP contribution in [0.2, 0.25) is 0 Å². The Morgan fingerprint density at radius 3 is 2.32 bits per heavy atom. The van der Waals surface area contributed by atoms with Gasteiger partial charge in [-0.25, -0.2) is 0 Å². The van der Waals surface area contributed by atoms with Crippen molar-refractivity contribution in [3.8, 4) is 0 Å². The molecule has 0 aliphatic carbocycles. The molecule has 2 aromatic rings. The molecule has 1 aromatic heterocycles. The van der Waals surface area contributed by atoms with Gasteiger partial charge in [-0.3, -0.25) is 19.5 Å². The number of hydrogen-bond acceptors (Lipinski definition) is 15. The normalized spacial score (nSPS) is 41.2. The van der Waals surface area contributed by atoms with Gasteiger partial charge in [0.25, 0.3) is 0 Å². The summed E-state index contributed by atoms with van der Waals surface area (Å²) in [6, 6.07) is 9.89. The quantitative estimate of drug-likeness (QED) is 0.169. The van der Waals surface area contributed by atoms with E-state index in [0.717, 1.165) is 22.0 Å². The Bertz CT molecular complexity index is 2040. The number of benzene rings is 1. The van der Waals surface area contributed by atoms with E-state index in [-0.39, 0.29) is 44.0 Å². The van der Waals surface area contributed by atoms with Crippen LogP contribution in [-0.2, 0) is 54.0 Å². The lowest BCUT2D eigenvalue weighted by atomic mass is 9.69. The molecule has 6 rings (SSSR count). The van der Waals surface area contributed by atoms with Crippen molar-refractivity contribution < 1.29 is 57.7 Å². The second kappa shape index (κ2) is 22.2. The molecule has 3 unspecified atom stereocenters. The van der Waals surface area contributed by atoms with Gasteiger partial charge >= 0.3 is 5.97 Å². The number of esters is 1. The van der Waals surface area contributed by atoms with Gasteiger partial charge in [0, 0.05) is 67.9 Å². The number of ether oxygens (including phenoxy) is 8. The minimum absolute atomic E-state index is 0.00770. The number of aromatic nitrogens is 1. The maximum Gasteiger partial charge on any atom is 0.311 e. The number of hydrogen-bond donors (Lipinski definition) is 2. The third kappa shape index (κ3) is 11.5. The van der Waals surface area contributed by atoms with Crippen molar-refractivity contribution >= 4 is 22.7 Å². The van der Waals surface area contributed by atoms with E-state index in [4.69, 9.17) is 37.9 Å². The molecule has 4 aliphatic rings. The van der Waals surface area contributed by atoms with E-state index < -0.39 is 102 Å². The van der Waals surface area contributed by atoms with Crippen molar-refractivity contribution in [3.05, 3.63) is 54.2 Å². The van der Waals surface area contributed by atoms with Gasteiger partial charge in [-0.05, 0) is 105 Å². The summed E-state index contributed by atoms with van der Waals surface area (Å²) in [5.74, 6) is -3.71. The van der Waals surface area contributed by atoms with Crippen LogP contribution in [0.1, 0.15) is 100 Å². The zero-order valence-corrected chi connectivity index (χ0v) is 43.3.